The highest BCUT2D eigenvalue weighted by molar-refractivity contribution is 6.29. The van der Waals surface area contributed by atoms with E-state index in [2.05, 4.69) is 19.9 Å². The zero-order chi connectivity index (χ0) is 10.8. The van der Waals surface area contributed by atoms with Crippen LogP contribution in [0.15, 0.2) is 18.2 Å². The summed E-state index contributed by atoms with van der Waals surface area (Å²) in [6.07, 6.45) is 0. The van der Waals surface area contributed by atoms with Crippen LogP contribution in [0.2, 0.25) is 5.15 Å². The summed E-state index contributed by atoms with van der Waals surface area (Å²) in [5.74, 6) is 1.92. The van der Waals surface area contributed by atoms with Crippen molar-refractivity contribution < 1.29 is 0 Å². The van der Waals surface area contributed by atoms with Gasteiger partial charge in [0.25, 0.3) is 0 Å². The van der Waals surface area contributed by atoms with Gasteiger partial charge in [0.1, 0.15) is 22.5 Å². The molecule has 0 aliphatic rings. The Bertz CT molecular complexity index is 478. The summed E-state index contributed by atoms with van der Waals surface area (Å²) in [6.45, 7) is 3.64. The number of halogens is 1. The first kappa shape index (κ1) is 9.98. The maximum atomic E-state index is 5.79. The first-order chi connectivity index (χ1) is 7.15. The fraction of sp³-hybridized carbons (Fsp3) is 0.200. The Morgan fingerprint density at radius 2 is 1.60 bits per heavy atom. The molecule has 2 heterocycles. The molecule has 5 heteroatoms. The third-order valence-corrected chi connectivity index (χ3v) is 2.01. The molecule has 4 nitrogen and oxygen atoms in total. The summed E-state index contributed by atoms with van der Waals surface area (Å²) in [5, 5.41) is 0.434. The van der Waals surface area contributed by atoms with Crippen LogP contribution < -0.4 is 0 Å². The summed E-state index contributed by atoms with van der Waals surface area (Å²) in [6, 6.07) is 5.35. The second kappa shape index (κ2) is 3.90. The van der Waals surface area contributed by atoms with Crippen LogP contribution in [-0.2, 0) is 0 Å². The van der Waals surface area contributed by atoms with Crippen LogP contribution in [0.4, 0.5) is 0 Å². The molecule has 2 rings (SSSR count). The Balaban J connectivity index is 2.54. The normalized spacial score (nSPS) is 10.3. The van der Waals surface area contributed by atoms with E-state index in [1.54, 1.807) is 6.07 Å². The van der Waals surface area contributed by atoms with Crippen LogP contribution >= 0.6 is 11.6 Å². The molecular weight excluding hydrogens is 212 g/mol. The Hall–Kier alpha value is -1.55. The van der Waals surface area contributed by atoms with Crippen molar-refractivity contribution in [3.8, 4) is 11.5 Å². The van der Waals surface area contributed by atoms with E-state index in [0.717, 1.165) is 0 Å². The summed E-state index contributed by atoms with van der Waals surface area (Å²) < 4.78 is 0. The summed E-state index contributed by atoms with van der Waals surface area (Å²) >= 11 is 5.79. The maximum absolute atomic E-state index is 5.79. The van der Waals surface area contributed by atoms with Crippen molar-refractivity contribution in [2.24, 2.45) is 0 Å². The van der Waals surface area contributed by atoms with E-state index in [9.17, 15) is 0 Å². The molecule has 0 N–H and O–H groups in total. The van der Waals surface area contributed by atoms with Gasteiger partial charge in [-0.1, -0.05) is 17.7 Å². The average molecular weight is 221 g/mol. The lowest BCUT2D eigenvalue weighted by Gasteiger charge is -2.01. The topological polar surface area (TPSA) is 51.6 Å². The number of aromatic nitrogens is 4. The van der Waals surface area contributed by atoms with Crippen molar-refractivity contribution in [3.63, 3.8) is 0 Å². The molecule has 0 unspecified atom stereocenters. The minimum atomic E-state index is 0.434. The van der Waals surface area contributed by atoms with Crippen molar-refractivity contribution in [2.75, 3.05) is 0 Å². The molecule has 0 bridgehead atoms. The lowest BCUT2D eigenvalue weighted by Crippen LogP contribution is -1.99. The second-order valence-electron chi connectivity index (χ2n) is 3.10. The largest absolute Gasteiger partial charge is 0.233 e. The van der Waals surface area contributed by atoms with Crippen LogP contribution in [0.3, 0.4) is 0 Å². The fourth-order valence-electron chi connectivity index (χ4n) is 1.26. The van der Waals surface area contributed by atoms with Crippen molar-refractivity contribution in [2.45, 2.75) is 13.8 Å². The van der Waals surface area contributed by atoms with Gasteiger partial charge in [-0.05, 0) is 26.0 Å². The predicted octanol–water partition coefficient (Wildman–Crippen LogP) is 2.20. The molecule has 0 fully saturated rings. The summed E-state index contributed by atoms with van der Waals surface area (Å²) in [4.78, 5) is 16.6. The van der Waals surface area contributed by atoms with Gasteiger partial charge in [-0.15, -0.1) is 0 Å². The van der Waals surface area contributed by atoms with Crippen molar-refractivity contribution >= 4 is 11.6 Å². The smallest absolute Gasteiger partial charge is 0.181 e. The molecule has 0 radical (unpaired) electrons. The molecule has 0 saturated heterocycles. The molecule has 0 saturated carbocycles. The summed E-state index contributed by atoms with van der Waals surface area (Å²) in [5.41, 5.74) is 0.663. The first-order valence-electron chi connectivity index (χ1n) is 4.47. The van der Waals surface area contributed by atoms with Gasteiger partial charge in [-0.25, -0.2) is 19.9 Å². The standard InChI is InChI=1S/C10H9ClN4/c1-6-12-7(2)14-10(13-6)8-4-3-5-9(11)15-8/h3-5H,1-2H3. The highest BCUT2D eigenvalue weighted by atomic mass is 35.5. The number of hydrogen-bond acceptors (Lipinski definition) is 4. The highest BCUT2D eigenvalue weighted by Gasteiger charge is 2.05. The Morgan fingerprint density at radius 1 is 0.933 bits per heavy atom. The molecule has 0 spiro atoms. The SMILES string of the molecule is Cc1nc(C)nc(-c2cccc(Cl)n2)n1. The quantitative estimate of drug-likeness (QED) is 0.692. The van der Waals surface area contributed by atoms with Crippen molar-refractivity contribution in [1.82, 2.24) is 19.9 Å². The Morgan fingerprint density at radius 3 is 2.20 bits per heavy atom. The number of aryl methyl sites for hydroxylation is 2. The van der Waals surface area contributed by atoms with Gasteiger partial charge in [0.15, 0.2) is 5.82 Å². The monoisotopic (exact) mass is 220 g/mol. The van der Waals surface area contributed by atoms with Crippen molar-refractivity contribution in [3.05, 3.63) is 35.0 Å². The Kier molecular flexibility index (Phi) is 2.60. The van der Waals surface area contributed by atoms with Crippen LogP contribution in [0, 0.1) is 13.8 Å². The molecular formula is C10H9ClN4. The predicted molar refractivity (Wildman–Crippen MR) is 57.5 cm³/mol. The van der Waals surface area contributed by atoms with E-state index >= 15 is 0 Å². The van der Waals surface area contributed by atoms with Gasteiger partial charge >= 0.3 is 0 Å². The molecule has 0 amide bonds. The lowest BCUT2D eigenvalue weighted by atomic mass is 10.3. The average Bonchev–Trinajstić information content (AvgIpc) is 2.16. The fourth-order valence-corrected chi connectivity index (χ4v) is 1.43. The van der Waals surface area contributed by atoms with Gasteiger partial charge < -0.3 is 0 Å². The van der Waals surface area contributed by atoms with E-state index in [0.29, 0.717) is 28.3 Å². The van der Waals surface area contributed by atoms with Crippen LogP contribution in [0.1, 0.15) is 11.6 Å². The van der Waals surface area contributed by atoms with Gasteiger partial charge in [-0.2, -0.15) is 0 Å². The van der Waals surface area contributed by atoms with E-state index in [4.69, 9.17) is 11.6 Å². The van der Waals surface area contributed by atoms with Crippen LogP contribution in [0.5, 0.6) is 0 Å². The van der Waals surface area contributed by atoms with Crippen molar-refractivity contribution in [1.29, 1.82) is 0 Å². The lowest BCUT2D eigenvalue weighted by molar-refractivity contribution is 0.923. The minimum absolute atomic E-state index is 0.434. The maximum Gasteiger partial charge on any atom is 0.181 e. The first-order valence-corrected chi connectivity index (χ1v) is 4.85. The molecule has 2 aromatic rings. The number of rotatable bonds is 1. The zero-order valence-corrected chi connectivity index (χ0v) is 9.15. The zero-order valence-electron chi connectivity index (χ0n) is 8.40. The molecule has 0 atom stereocenters. The van der Waals surface area contributed by atoms with E-state index < -0.39 is 0 Å². The molecule has 0 aromatic carbocycles. The van der Waals surface area contributed by atoms with E-state index in [1.807, 2.05) is 26.0 Å². The molecule has 0 aliphatic heterocycles. The molecule has 2 aromatic heterocycles. The number of hydrogen-bond donors (Lipinski definition) is 0. The third-order valence-electron chi connectivity index (χ3n) is 1.80. The number of nitrogens with zero attached hydrogens (tertiary/aromatic N) is 4. The molecule has 76 valence electrons. The molecule has 15 heavy (non-hydrogen) atoms. The van der Waals surface area contributed by atoms with Crippen LogP contribution in [-0.4, -0.2) is 19.9 Å². The Labute approximate surface area is 92.4 Å². The number of pyridine rings is 1. The van der Waals surface area contributed by atoms with Gasteiger partial charge in [-0.3, -0.25) is 0 Å². The van der Waals surface area contributed by atoms with Gasteiger partial charge in [0.2, 0.25) is 0 Å². The second-order valence-corrected chi connectivity index (χ2v) is 3.49. The third kappa shape index (κ3) is 2.27. The minimum Gasteiger partial charge on any atom is -0.233 e. The molecule has 0 aliphatic carbocycles. The van der Waals surface area contributed by atoms with Gasteiger partial charge in [0.05, 0.1) is 0 Å². The highest BCUT2D eigenvalue weighted by Crippen LogP contribution is 2.14. The van der Waals surface area contributed by atoms with E-state index in [1.165, 1.54) is 0 Å². The van der Waals surface area contributed by atoms with Gasteiger partial charge in [0, 0.05) is 0 Å². The summed E-state index contributed by atoms with van der Waals surface area (Å²) in [7, 11) is 0. The van der Waals surface area contributed by atoms with E-state index in [-0.39, 0.29) is 0 Å². The van der Waals surface area contributed by atoms with Crippen LogP contribution in [0.25, 0.3) is 11.5 Å².